The molecule has 0 aliphatic carbocycles. The molecule has 2 rings (SSSR count). The topological polar surface area (TPSA) is 125 Å². The molecule has 0 spiro atoms. The van der Waals surface area contributed by atoms with Crippen molar-refractivity contribution in [3.05, 3.63) is 18.1 Å². The van der Waals surface area contributed by atoms with Crippen LogP contribution in [-0.4, -0.2) is 56.3 Å². The number of carbonyl (C=O) groups excluding carboxylic acids is 1. The van der Waals surface area contributed by atoms with Crippen LogP contribution in [0.25, 0.3) is 0 Å². The number of amides is 1. The standard InChI is InChI=1S/C9H13N5O3/c10-13-8-2-11-5(1-12-8)9(17)14-3-6(15)7(16)4-14/h1-2,6-7,15-16H,3-4,10H2,(H,12,13). The normalized spacial score (nSPS) is 23.8. The molecule has 8 nitrogen and oxygen atoms in total. The van der Waals surface area contributed by atoms with Crippen molar-refractivity contribution in [1.82, 2.24) is 14.9 Å². The molecule has 2 heterocycles. The summed E-state index contributed by atoms with van der Waals surface area (Å²) in [4.78, 5) is 21.0. The molecule has 2 atom stereocenters. The molecule has 5 N–H and O–H groups in total. The number of nitrogens with one attached hydrogen (secondary N) is 1. The van der Waals surface area contributed by atoms with E-state index in [1.807, 2.05) is 0 Å². The average Bonchev–Trinajstić information content (AvgIpc) is 2.69. The van der Waals surface area contributed by atoms with Crippen LogP contribution in [0.4, 0.5) is 5.82 Å². The molecule has 1 amide bonds. The van der Waals surface area contributed by atoms with Gasteiger partial charge < -0.3 is 20.5 Å². The number of rotatable bonds is 2. The number of nitrogen functional groups attached to an aromatic ring is 1. The van der Waals surface area contributed by atoms with Gasteiger partial charge in [-0.05, 0) is 0 Å². The molecule has 1 aliphatic rings. The van der Waals surface area contributed by atoms with Crippen molar-refractivity contribution in [2.45, 2.75) is 12.2 Å². The minimum absolute atomic E-state index is 0.0958. The molecule has 1 fully saturated rings. The van der Waals surface area contributed by atoms with Crippen molar-refractivity contribution < 1.29 is 15.0 Å². The van der Waals surface area contributed by atoms with Crippen LogP contribution in [0.2, 0.25) is 0 Å². The zero-order valence-corrected chi connectivity index (χ0v) is 8.95. The first-order valence-corrected chi connectivity index (χ1v) is 5.06. The average molecular weight is 239 g/mol. The molecule has 0 bridgehead atoms. The van der Waals surface area contributed by atoms with Crippen molar-refractivity contribution >= 4 is 11.7 Å². The summed E-state index contributed by atoms with van der Waals surface area (Å²) < 4.78 is 0. The summed E-state index contributed by atoms with van der Waals surface area (Å²) in [7, 11) is 0. The summed E-state index contributed by atoms with van der Waals surface area (Å²) in [5.74, 6) is 5.09. The fourth-order valence-corrected chi connectivity index (χ4v) is 1.61. The molecule has 1 saturated heterocycles. The van der Waals surface area contributed by atoms with Gasteiger partial charge in [-0.15, -0.1) is 0 Å². The van der Waals surface area contributed by atoms with Crippen molar-refractivity contribution in [2.24, 2.45) is 5.84 Å². The van der Waals surface area contributed by atoms with E-state index in [1.54, 1.807) is 0 Å². The van der Waals surface area contributed by atoms with Crippen LogP contribution in [0, 0.1) is 0 Å². The Morgan fingerprint density at radius 1 is 1.35 bits per heavy atom. The maximum absolute atomic E-state index is 11.9. The van der Waals surface area contributed by atoms with Crippen molar-refractivity contribution in [1.29, 1.82) is 0 Å². The van der Waals surface area contributed by atoms with Crippen LogP contribution in [-0.2, 0) is 0 Å². The number of aliphatic hydroxyl groups excluding tert-OH is 2. The highest BCUT2D eigenvalue weighted by molar-refractivity contribution is 5.92. The van der Waals surface area contributed by atoms with Crippen molar-refractivity contribution in [3.63, 3.8) is 0 Å². The first-order valence-electron chi connectivity index (χ1n) is 5.06. The summed E-state index contributed by atoms with van der Waals surface area (Å²) in [5, 5.41) is 18.7. The molecule has 0 radical (unpaired) electrons. The predicted octanol–water partition coefficient (Wildman–Crippen LogP) is -2.06. The fraction of sp³-hybridized carbons (Fsp3) is 0.444. The van der Waals surface area contributed by atoms with Gasteiger partial charge in [-0.1, -0.05) is 0 Å². The number of aromatic nitrogens is 2. The smallest absolute Gasteiger partial charge is 0.274 e. The number of carbonyl (C=O) groups is 1. The van der Waals surface area contributed by atoms with E-state index >= 15 is 0 Å². The molecule has 8 heteroatoms. The summed E-state index contributed by atoms with van der Waals surface area (Å²) in [6.07, 6.45) is 0.805. The van der Waals surface area contributed by atoms with E-state index < -0.39 is 12.2 Å². The lowest BCUT2D eigenvalue weighted by molar-refractivity contribution is 0.0572. The lowest BCUT2D eigenvalue weighted by Gasteiger charge is -2.14. The SMILES string of the molecule is NNc1cnc(C(=O)N2CC(O)C(O)C2)cn1. The molecular weight excluding hydrogens is 226 g/mol. The third-order valence-electron chi connectivity index (χ3n) is 2.57. The van der Waals surface area contributed by atoms with Gasteiger partial charge in [0.15, 0.2) is 5.82 Å². The maximum Gasteiger partial charge on any atom is 0.274 e. The van der Waals surface area contributed by atoms with Gasteiger partial charge in [0.2, 0.25) is 0 Å². The molecule has 0 saturated carbocycles. The van der Waals surface area contributed by atoms with Crippen LogP contribution in [0.1, 0.15) is 10.5 Å². The lowest BCUT2D eigenvalue weighted by Crippen LogP contribution is -2.30. The Kier molecular flexibility index (Phi) is 3.18. The van der Waals surface area contributed by atoms with Gasteiger partial charge >= 0.3 is 0 Å². The number of anilines is 1. The molecule has 0 aromatic carbocycles. The van der Waals surface area contributed by atoms with Crippen LogP contribution >= 0.6 is 0 Å². The highest BCUT2D eigenvalue weighted by atomic mass is 16.3. The molecule has 1 aromatic heterocycles. The van der Waals surface area contributed by atoms with E-state index in [4.69, 9.17) is 5.84 Å². The van der Waals surface area contributed by atoms with Crippen LogP contribution in [0.3, 0.4) is 0 Å². The number of likely N-dealkylation sites (tertiary alicyclic amines) is 1. The molecular formula is C9H13N5O3. The van der Waals surface area contributed by atoms with E-state index in [1.165, 1.54) is 17.3 Å². The van der Waals surface area contributed by atoms with Gasteiger partial charge in [-0.2, -0.15) is 0 Å². The van der Waals surface area contributed by atoms with E-state index in [2.05, 4.69) is 15.4 Å². The number of nitrogens with zero attached hydrogens (tertiary/aromatic N) is 3. The largest absolute Gasteiger partial charge is 0.388 e. The lowest BCUT2D eigenvalue weighted by atomic mass is 10.3. The highest BCUT2D eigenvalue weighted by Gasteiger charge is 2.33. The summed E-state index contributed by atoms with van der Waals surface area (Å²) in [5.41, 5.74) is 2.44. The number of aliphatic hydroxyl groups is 2. The monoisotopic (exact) mass is 239 g/mol. The first-order chi connectivity index (χ1) is 8.11. The van der Waals surface area contributed by atoms with Crippen LogP contribution in [0.5, 0.6) is 0 Å². The van der Waals surface area contributed by atoms with E-state index in [0.29, 0.717) is 5.82 Å². The fourth-order valence-electron chi connectivity index (χ4n) is 1.61. The second-order valence-corrected chi connectivity index (χ2v) is 3.78. The minimum Gasteiger partial charge on any atom is -0.388 e. The number of nitrogens with two attached hydrogens (primary N) is 1. The number of hydrogen-bond donors (Lipinski definition) is 4. The Balaban J connectivity index is 2.09. The van der Waals surface area contributed by atoms with Gasteiger partial charge in [-0.3, -0.25) is 4.79 Å². The zero-order valence-electron chi connectivity index (χ0n) is 8.95. The van der Waals surface area contributed by atoms with Crippen molar-refractivity contribution in [2.75, 3.05) is 18.5 Å². The third-order valence-corrected chi connectivity index (χ3v) is 2.57. The van der Waals surface area contributed by atoms with E-state index in [0.717, 1.165) is 0 Å². The Bertz CT molecular complexity index is 400. The highest BCUT2D eigenvalue weighted by Crippen LogP contribution is 2.13. The number of hydrogen-bond acceptors (Lipinski definition) is 7. The van der Waals surface area contributed by atoms with Crippen molar-refractivity contribution in [3.8, 4) is 0 Å². The Labute approximate surface area is 97.1 Å². The molecule has 2 unspecified atom stereocenters. The van der Waals surface area contributed by atoms with Crippen LogP contribution in [0.15, 0.2) is 12.4 Å². The van der Waals surface area contributed by atoms with E-state index in [9.17, 15) is 15.0 Å². The Hall–Kier alpha value is -1.77. The molecule has 1 aliphatic heterocycles. The minimum atomic E-state index is -0.906. The van der Waals surface area contributed by atoms with Gasteiger partial charge in [-0.25, -0.2) is 15.8 Å². The summed E-state index contributed by atoms with van der Waals surface area (Å²) >= 11 is 0. The molecule has 1 aromatic rings. The number of β-amino-alcohol motifs (C(OH)–C–C–N with tert-alkyl or cyclic N) is 2. The number of hydrazine groups is 1. The first kappa shape index (κ1) is 11.7. The zero-order chi connectivity index (χ0) is 12.4. The van der Waals surface area contributed by atoms with Gasteiger partial charge in [0.05, 0.1) is 24.6 Å². The second-order valence-electron chi connectivity index (χ2n) is 3.78. The molecule has 92 valence electrons. The second kappa shape index (κ2) is 4.62. The molecule has 17 heavy (non-hydrogen) atoms. The Morgan fingerprint density at radius 3 is 2.47 bits per heavy atom. The van der Waals surface area contributed by atoms with Gasteiger partial charge in [0, 0.05) is 13.1 Å². The van der Waals surface area contributed by atoms with Gasteiger partial charge in [0.25, 0.3) is 5.91 Å². The third kappa shape index (κ3) is 2.33. The predicted molar refractivity (Wildman–Crippen MR) is 57.8 cm³/mol. The maximum atomic E-state index is 11.9. The quantitative estimate of drug-likeness (QED) is 0.345. The van der Waals surface area contributed by atoms with E-state index in [-0.39, 0.29) is 24.7 Å². The Morgan fingerprint density at radius 2 is 2.00 bits per heavy atom. The summed E-state index contributed by atoms with van der Waals surface area (Å²) in [6, 6.07) is 0. The van der Waals surface area contributed by atoms with Gasteiger partial charge in [0.1, 0.15) is 5.69 Å². The van der Waals surface area contributed by atoms with Crippen LogP contribution < -0.4 is 11.3 Å². The summed E-state index contributed by atoms with van der Waals surface area (Å²) in [6.45, 7) is 0.192.